The van der Waals surface area contributed by atoms with Gasteiger partial charge in [-0.3, -0.25) is 0 Å². The molecule has 1 aliphatic heterocycles. The van der Waals surface area contributed by atoms with Crippen molar-refractivity contribution in [2.45, 2.75) is 6.10 Å². The highest BCUT2D eigenvalue weighted by atomic mass is 16.5. The molecule has 4 heteroatoms. The van der Waals surface area contributed by atoms with Crippen LogP contribution in [0, 0.1) is 0 Å². The molecule has 2 heterocycles. The van der Waals surface area contributed by atoms with Crippen molar-refractivity contribution in [3.63, 3.8) is 0 Å². The second-order valence-electron chi connectivity index (χ2n) is 5.37. The topological polar surface area (TPSA) is 59.4 Å². The molecule has 1 unspecified atom stereocenters. The number of para-hydroxylation sites is 2. The van der Waals surface area contributed by atoms with Gasteiger partial charge in [0.15, 0.2) is 6.10 Å². The van der Waals surface area contributed by atoms with Gasteiger partial charge in [0.1, 0.15) is 5.75 Å². The second kappa shape index (κ2) is 5.25. The number of rotatable bonds is 2. The molecule has 0 aliphatic carbocycles. The minimum atomic E-state index is -1.00. The smallest absolute Gasteiger partial charge is 0.335 e. The van der Waals surface area contributed by atoms with Crippen molar-refractivity contribution in [2.75, 3.05) is 0 Å². The van der Waals surface area contributed by atoms with Crippen LogP contribution in [0.15, 0.2) is 66.2 Å². The van der Waals surface area contributed by atoms with Crippen molar-refractivity contribution in [3.8, 4) is 5.75 Å². The number of carbonyl (C=O) groups is 1. The van der Waals surface area contributed by atoms with E-state index >= 15 is 0 Å². The number of hydrogen-bond donors (Lipinski definition) is 1. The summed E-state index contributed by atoms with van der Waals surface area (Å²) in [5, 5.41) is 10.5. The van der Waals surface area contributed by atoms with E-state index in [1.165, 1.54) is 0 Å². The molecule has 2 aromatic carbocycles. The Morgan fingerprint density at radius 1 is 1.00 bits per heavy atom. The summed E-state index contributed by atoms with van der Waals surface area (Å²) in [5.74, 6) is -0.336. The summed E-state index contributed by atoms with van der Waals surface area (Å²) in [6, 6.07) is 18.9. The first-order chi connectivity index (χ1) is 11.2. The van der Waals surface area contributed by atoms with E-state index in [-0.39, 0.29) is 5.57 Å². The van der Waals surface area contributed by atoms with Crippen LogP contribution in [-0.2, 0) is 4.79 Å². The van der Waals surface area contributed by atoms with E-state index in [0.717, 1.165) is 16.5 Å². The molecule has 0 saturated heterocycles. The first kappa shape index (κ1) is 13.5. The van der Waals surface area contributed by atoms with Gasteiger partial charge in [0.05, 0.1) is 16.8 Å². The van der Waals surface area contributed by atoms with Crippen molar-refractivity contribution in [3.05, 3.63) is 77.5 Å². The van der Waals surface area contributed by atoms with Crippen LogP contribution in [0.2, 0.25) is 0 Å². The van der Waals surface area contributed by atoms with E-state index in [1.54, 1.807) is 6.08 Å². The number of aliphatic carboxylic acids is 1. The second-order valence-corrected chi connectivity index (χ2v) is 5.37. The molecule has 0 amide bonds. The van der Waals surface area contributed by atoms with Crippen molar-refractivity contribution >= 4 is 22.9 Å². The Morgan fingerprint density at radius 3 is 2.65 bits per heavy atom. The van der Waals surface area contributed by atoms with Crippen LogP contribution < -0.4 is 4.74 Å². The van der Waals surface area contributed by atoms with E-state index in [1.807, 2.05) is 60.7 Å². The first-order valence-electron chi connectivity index (χ1n) is 7.28. The highest BCUT2D eigenvalue weighted by Gasteiger charge is 2.30. The van der Waals surface area contributed by atoms with Crippen LogP contribution in [0.1, 0.15) is 17.4 Å². The van der Waals surface area contributed by atoms with Gasteiger partial charge >= 0.3 is 5.97 Å². The molecule has 0 fully saturated rings. The summed E-state index contributed by atoms with van der Waals surface area (Å²) in [4.78, 5) is 16.2. The Labute approximate surface area is 132 Å². The highest BCUT2D eigenvalue weighted by molar-refractivity contribution is 5.95. The molecule has 1 atom stereocenters. The summed E-state index contributed by atoms with van der Waals surface area (Å²) in [7, 11) is 0. The number of aromatic nitrogens is 1. The normalized spacial score (nSPS) is 16.3. The molecule has 1 N–H and O–H groups in total. The van der Waals surface area contributed by atoms with Crippen LogP contribution >= 0.6 is 0 Å². The maximum Gasteiger partial charge on any atom is 0.335 e. The molecule has 112 valence electrons. The van der Waals surface area contributed by atoms with Crippen LogP contribution in [-0.4, -0.2) is 16.1 Å². The molecular weight excluding hydrogens is 290 g/mol. The predicted molar refractivity (Wildman–Crippen MR) is 87.2 cm³/mol. The quantitative estimate of drug-likeness (QED) is 0.781. The first-order valence-corrected chi connectivity index (χ1v) is 7.28. The number of nitrogens with zero attached hydrogens (tertiary/aromatic N) is 1. The van der Waals surface area contributed by atoms with Gasteiger partial charge in [0, 0.05) is 10.9 Å². The summed E-state index contributed by atoms with van der Waals surface area (Å²) < 4.78 is 5.93. The molecule has 0 bridgehead atoms. The van der Waals surface area contributed by atoms with Gasteiger partial charge in [0.25, 0.3) is 0 Å². The third-order valence-corrected chi connectivity index (χ3v) is 3.89. The Bertz CT molecular complexity index is 946. The average molecular weight is 303 g/mol. The maximum atomic E-state index is 11.6. The van der Waals surface area contributed by atoms with Crippen molar-refractivity contribution < 1.29 is 14.6 Å². The Morgan fingerprint density at radius 2 is 1.78 bits per heavy atom. The number of carboxylic acids is 1. The van der Waals surface area contributed by atoms with Crippen LogP contribution in [0.5, 0.6) is 5.75 Å². The molecule has 1 aromatic heterocycles. The zero-order valence-electron chi connectivity index (χ0n) is 12.1. The fourth-order valence-electron chi connectivity index (χ4n) is 2.76. The van der Waals surface area contributed by atoms with E-state index in [4.69, 9.17) is 4.74 Å². The lowest BCUT2D eigenvalue weighted by Crippen LogP contribution is -2.21. The Balaban J connectivity index is 1.84. The number of benzene rings is 2. The molecule has 0 spiro atoms. The van der Waals surface area contributed by atoms with Gasteiger partial charge in [-0.2, -0.15) is 0 Å². The molecule has 0 radical (unpaired) electrons. The summed E-state index contributed by atoms with van der Waals surface area (Å²) >= 11 is 0. The lowest BCUT2D eigenvalue weighted by Gasteiger charge is -2.25. The Hall–Kier alpha value is -3.14. The number of ether oxygens (including phenoxy) is 1. The molecule has 0 saturated carbocycles. The third kappa shape index (κ3) is 2.34. The van der Waals surface area contributed by atoms with Gasteiger partial charge in [-0.1, -0.05) is 42.5 Å². The lowest BCUT2D eigenvalue weighted by atomic mass is 9.98. The lowest BCUT2D eigenvalue weighted by molar-refractivity contribution is -0.133. The predicted octanol–water partition coefficient (Wildman–Crippen LogP) is 3.84. The van der Waals surface area contributed by atoms with Crippen LogP contribution in [0.3, 0.4) is 0 Å². The zero-order valence-corrected chi connectivity index (χ0v) is 12.1. The highest BCUT2D eigenvalue weighted by Crippen LogP contribution is 2.37. The van der Waals surface area contributed by atoms with Gasteiger partial charge < -0.3 is 9.84 Å². The van der Waals surface area contributed by atoms with E-state index < -0.39 is 12.1 Å². The maximum absolute atomic E-state index is 11.6. The van der Waals surface area contributed by atoms with Gasteiger partial charge in [-0.15, -0.1) is 0 Å². The van der Waals surface area contributed by atoms with E-state index in [0.29, 0.717) is 11.4 Å². The van der Waals surface area contributed by atoms with Crippen molar-refractivity contribution in [1.29, 1.82) is 0 Å². The van der Waals surface area contributed by atoms with Crippen molar-refractivity contribution in [1.82, 2.24) is 4.98 Å². The largest absolute Gasteiger partial charge is 0.478 e. The molecule has 3 aromatic rings. The third-order valence-electron chi connectivity index (χ3n) is 3.89. The fourth-order valence-corrected chi connectivity index (χ4v) is 2.76. The molecule has 23 heavy (non-hydrogen) atoms. The summed E-state index contributed by atoms with van der Waals surface area (Å²) in [5.41, 5.74) is 2.36. The number of pyridine rings is 1. The monoisotopic (exact) mass is 303 g/mol. The van der Waals surface area contributed by atoms with Gasteiger partial charge in [-0.25, -0.2) is 9.78 Å². The SMILES string of the molecule is O=C(O)C1=Cc2ccccc2OC1c1ccc2ccccc2n1. The molecule has 4 rings (SSSR count). The summed E-state index contributed by atoms with van der Waals surface area (Å²) in [6.45, 7) is 0. The molecular formula is C19H13NO3. The molecule has 4 nitrogen and oxygen atoms in total. The minimum Gasteiger partial charge on any atom is -0.478 e. The Kier molecular flexibility index (Phi) is 3.08. The minimum absolute atomic E-state index is 0.187. The fraction of sp³-hybridized carbons (Fsp3) is 0.0526. The van der Waals surface area contributed by atoms with Crippen molar-refractivity contribution in [2.24, 2.45) is 0 Å². The average Bonchev–Trinajstić information content (AvgIpc) is 2.60. The number of fused-ring (bicyclic) bond motifs is 2. The zero-order chi connectivity index (χ0) is 15.8. The number of hydrogen-bond acceptors (Lipinski definition) is 3. The van der Waals surface area contributed by atoms with Gasteiger partial charge in [0.2, 0.25) is 0 Å². The van der Waals surface area contributed by atoms with Gasteiger partial charge in [-0.05, 0) is 24.3 Å². The number of carboxylic acid groups (broad SMARTS) is 1. The molecule has 1 aliphatic rings. The van der Waals surface area contributed by atoms with Crippen LogP contribution in [0.4, 0.5) is 0 Å². The summed E-state index contributed by atoms with van der Waals surface area (Å²) in [6.07, 6.45) is 0.940. The van der Waals surface area contributed by atoms with Crippen LogP contribution in [0.25, 0.3) is 17.0 Å². The standard InChI is InChI=1S/C19H13NO3/c21-19(22)14-11-13-6-2-4-8-17(13)23-18(14)16-10-9-12-5-1-3-7-15(12)20-16/h1-11,18H,(H,21,22). The van der Waals surface area contributed by atoms with E-state index in [2.05, 4.69) is 4.98 Å². The van der Waals surface area contributed by atoms with E-state index in [9.17, 15) is 9.90 Å².